The Kier molecular flexibility index (Phi) is 3.12. The summed E-state index contributed by atoms with van der Waals surface area (Å²) in [4.78, 5) is 3.63. The van der Waals surface area contributed by atoms with Crippen molar-refractivity contribution in [2.45, 2.75) is 12.7 Å². The molecule has 0 atom stereocenters. The third-order valence-electron chi connectivity index (χ3n) is 2.41. The first kappa shape index (κ1) is 12.9. The topological polar surface area (TPSA) is 80.5 Å². The van der Waals surface area contributed by atoms with E-state index in [4.69, 9.17) is 11.0 Å². The van der Waals surface area contributed by atoms with E-state index in [0.717, 1.165) is 6.07 Å². The maximum absolute atomic E-state index is 12.8. The average Bonchev–Trinajstić information content (AvgIpc) is 2.78. The van der Waals surface area contributed by atoms with E-state index in [1.807, 2.05) is 0 Å². The number of hydrogen-bond donors (Lipinski definition) is 1. The van der Waals surface area contributed by atoms with Gasteiger partial charge in [-0.1, -0.05) is 6.07 Å². The third kappa shape index (κ3) is 2.82. The van der Waals surface area contributed by atoms with Crippen LogP contribution in [0, 0.1) is 11.3 Å². The van der Waals surface area contributed by atoms with Gasteiger partial charge in [-0.2, -0.15) is 18.4 Å². The monoisotopic (exact) mass is 267 g/mol. The molecule has 1 aromatic carbocycles. The molecule has 0 unspecified atom stereocenters. The van der Waals surface area contributed by atoms with E-state index >= 15 is 0 Å². The fourth-order valence-electron chi connectivity index (χ4n) is 1.59. The van der Waals surface area contributed by atoms with Crippen LogP contribution in [0.25, 0.3) is 0 Å². The quantitative estimate of drug-likeness (QED) is 0.841. The number of nitriles is 1. The highest BCUT2D eigenvalue weighted by molar-refractivity contribution is 5.46. The van der Waals surface area contributed by atoms with Crippen LogP contribution in [0.3, 0.4) is 0 Å². The van der Waals surface area contributed by atoms with E-state index in [9.17, 15) is 13.2 Å². The van der Waals surface area contributed by atoms with Crippen molar-refractivity contribution < 1.29 is 13.2 Å². The number of anilines is 1. The molecule has 5 nitrogen and oxygen atoms in total. The highest BCUT2D eigenvalue weighted by Gasteiger charge is 2.33. The molecule has 2 rings (SSSR count). The molecule has 0 saturated heterocycles. The third-order valence-corrected chi connectivity index (χ3v) is 2.41. The maximum atomic E-state index is 12.8. The maximum Gasteiger partial charge on any atom is 0.416 e. The Morgan fingerprint density at radius 1 is 1.37 bits per heavy atom. The Labute approximate surface area is 106 Å². The summed E-state index contributed by atoms with van der Waals surface area (Å²) in [6.07, 6.45) is -3.29. The largest absolute Gasteiger partial charge is 0.416 e. The van der Waals surface area contributed by atoms with Gasteiger partial charge in [-0.05, 0) is 17.7 Å². The van der Waals surface area contributed by atoms with Gasteiger partial charge in [0.1, 0.15) is 12.4 Å². The van der Waals surface area contributed by atoms with Gasteiger partial charge >= 0.3 is 6.18 Å². The Bertz CT molecular complexity index is 639. The second-order valence-corrected chi connectivity index (χ2v) is 3.79. The van der Waals surface area contributed by atoms with Gasteiger partial charge in [-0.15, -0.1) is 5.10 Å². The first-order chi connectivity index (χ1) is 8.90. The lowest BCUT2D eigenvalue weighted by molar-refractivity contribution is -0.138. The van der Waals surface area contributed by atoms with Crippen molar-refractivity contribution in [3.05, 3.63) is 41.5 Å². The number of hydrogen-bond acceptors (Lipinski definition) is 4. The van der Waals surface area contributed by atoms with E-state index in [-0.39, 0.29) is 23.6 Å². The number of benzene rings is 1. The minimum Gasteiger partial charge on any atom is -0.399 e. The second kappa shape index (κ2) is 4.61. The highest BCUT2D eigenvalue weighted by atomic mass is 19.4. The number of nitrogen functional groups attached to an aromatic ring is 1. The number of nitrogens with two attached hydrogens (primary N) is 1. The van der Waals surface area contributed by atoms with Crippen LogP contribution >= 0.6 is 0 Å². The Hall–Kier alpha value is -2.56. The van der Waals surface area contributed by atoms with Crippen LogP contribution < -0.4 is 5.73 Å². The molecule has 0 fully saturated rings. The predicted molar refractivity (Wildman–Crippen MR) is 59.7 cm³/mol. The van der Waals surface area contributed by atoms with Crippen LogP contribution in [0.2, 0.25) is 0 Å². The molecule has 19 heavy (non-hydrogen) atoms. The van der Waals surface area contributed by atoms with Gasteiger partial charge in [0.05, 0.1) is 12.1 Å². The molecule has 1 heterocycles. The van der Waals surface area contributed by atoms with E-state index in [1.165, 1.54) is 23.1 Å². The molecule has 1 aromatic heterocycles. The number of halogens is 3. The Morgan fingerprint density at radius 3 is 2.68 bits per heavy atom. The summed E-state index contributed by atoms with van der Waals surface area (Å²) in [5, 5.41) is 12.3. The summed E-state index contributed by atoms with van der Waals surface area (Å²) in [5.74, 6) is -0.0935. The summed E-state index contributed by atoms with van der Waals surface area (Å²) in [7, 11) is 0. The Morgan fingerprint density at radius 2 is 2.11 bits per heavy atom. The van der Waals surface area contributed by atoms with Crippen molar-refractivity contribution >= 4 is 5.69 Å². The minimum absolute atomic E-state index is 0.0103. The van der Waals surface area contributed by atoms with E-state index in [0.29, 0.717) is 0 Å². The van der Waals surface area contributed by atoms with E-state index in [2.05, 4.69) is 10.1 Å². The molecule has 0 aliphatic carbocycles. The van der Waals surface area contributed by atoms with Crippen LogP contribution in [0.5, 0.6) is 0 Å². The van der Waals surface area contributed by atoms with Crippen molar-refractivity contribution in [3.63, 3.8) is 0 Å². The molecule has 2 aromatic rings. The van der Waals surface area contributed by atoms with Crippen LogP contribution in [0.15, 0.2) is 24.5 Å². The van der Waals surface area contributed by atoms with Gasteiger partial charge in [-0.3, -0.25) is 0 Å². The van der Waals surface area contributed by atoms with E-state index < -0.39 is 11.7 Å². The van der Waals surface area contributed by atoms with Gasteiger partial charge in [-0.25, -0.2) is 9.67 Å². The fourth-order valence-corrected chi connectivity index (χ4v) is 1.59. The highest BCUT2D eigenvalue weighted by Crippen LogP contribution is 2.33. The molecule has 0 radical (unpaired) electrons. The molecule has 2 N–H and O–H groups in total. The van der Waals surface area contributed by atoms with Crippen molar-refractivity contribution in [2.24, 2.45) is 0 Å². The average molecular weight is 267 g/mol. The molecule has 0 amide bonds. The van der Waals surface area contributed by atoms with Gasteiger partial charge in [0.2, 0.25) is 0 Å². The van der Waals surface area contributed by atoms with Crippen LogP contribution in [-0.2, 0) is 12.7 Å². The number of rotatable bonds is 2. The van der Waals surface area contributed by atoms with Crippen LogP contribution in [0.1, 0.15) is 17.0 Å². The molecule has 0 aliphatic rings. The summed E-state index contributed by atoms with van der Waals surface area (Å²) in [5.41, 5.74) is 4.59. The van der Waals surface area contributed by atoms with Crippen molar-refractivity contribution in [1.82, 2.24) is 14.8 Å². The van der Waals surface area contributed by atoms with E-state index in [1.54, 1.807) is 6.07 Å². The molecular weight excluding hydrogens is 259 g/mol. The van der Waals surface area contributed by atoms with Crippen molar-refractivity contribution in [2.75, 3.05) is 5.73 Å². The smallest absolute Gasteiger partial charge is 0.399 e. The van der Waals surface area contributed by atoms with Crippen LogP contribution in [0.4, 0.5) is 18.9 Å². The van der Waals surface area contributed by atoms with Gasteiger partial charge < -0.3 is 5.73 Å². The molecule has 8 heteroatoms. The molecular formula is C11H8F3N5. The van der Waals surface area contributed by atoms with Gasteiger partial charge in [0.15, 0.2) is 0 Å². The predicted octanol–water partition coefficient (Wildman–Crippen LogP) is 1.80. The zero-order valence-electron chi connectivity index (χ0n) is 9.52. The molecule has 98 valence electrons. The number of aromatic nitrogens is 3. The first-order valence-electron chi connectivity index (χ1n) is 5.15. The molecule has 0 saturated carbocycles. The van der Waals surface area contributed by atoms with Crippen LogP contribution in [-0.4, -0.2) is 14.8 Å². The molecule has 0 spiro atoms. The SMILES string of the molecule is N#Cc1ncn(Cc2ccc(N)cc2C(F)(F)F)n1. The summed E-state index contributed by atoms with van der Waals surface area (Å²) in [6.45, 7) is -0.135. The lowest BCUT2D eigenvalue weighted by atomic mass is 10.1. The fraction of sp³-hybridized carbons (Fsp3) is 0.182. The Balaban J connectivity index is 2.37. The zero-order valence-corrected chi connectivity index (χ0v) is 9.52. The summed E-state index contributed by atoms with van der Waals surface area (Å²) >= 11 is 0. The number of nitrogens with zero attached hydrogens (tertiary/aromatic N) is 4. The lowest BCUT2D eigenvalue weighted by Crippen LogP contribution is -2.12. The molecule has 0 aliphatic heterocycles. The molecule has 0 bridgehead atoms. The zero-order chi connectivity index (χ0) is 14.0. The normalized spacial score (nSPS) is 11.3. The van der Waals surface area contributed by atoms with Crippen molar-refractivity contribution in [3.8, 4) is 6.07 Å². The summed E-state index contributed by atoms with van der Waals surface area (Å²) in [6, 6.07) is 5.24. The minimum atomic E-state index is -4.50. The van der Waals surface area contributed by atoms with Gasteiger partial charge in [0, 0.05) is 5.69 Å². The summed E-state index contributed by atoms with van der Waals surface area (Å²) < 4.78 is 39.7. The first-order valence-corrected chi connectivity index (χ1v) is 5.15. The lowest BCUT2D eigenvalue weighted by Gasteiger charge is -2.13. The van der Waals surface area contributed by atoms with Gasteiger partial charge in [0.25, 0.3) is 5.82 Å². The number of alkyl halides is 3. The second-order valence-electron chi connectivity index (χ2n) is 3.79. The van der Waals surface area contributed by atoms with Crippen molar-refractivity contribution in [1.29, 1.82) is 5.26 Å². The standard InChI is InChI=1S/C11H8F3N5/c12-11(13,14)9-3-8(16)2-1-7(9)5-19-6-17-10(4-15)18-19/h1-3,6H,5,16H2.